The minimum absolute atomic E-state index is 0.0233. The normalized spacial score (nSPS) is 23.9. The van der Waals surface area contributed by atoms with Crippen LogP contribution in [0.4, 0.5) is 0 Å². The van der Waals surface area contributed by atoms with Crippen LogP contribution < -0.4 is 10.0 Å². The van der Waals surface area contributed by atoms with Crippen LogP contribution in [0.15, 0.2) is 0 Å². The Morgan fingerprint density at radius 2 is 1.88 bits per heavy atom. The lowest BCUT2D eigenvalue weighted by Crippen LogP contribution is -3.13. The first-order valence-corrected chi connectivity index (χ1v) is 8.61. The van der Waals surface area contributed by atoms with E-state index in [9.17, 15) is 4.79 Å². The first kappa shape index (κ1) is 21.3. The van der Waals surface area contributed by atoms with Crippen molar-refractivity contribution in [2.24, 2.45) is 5.92 Å². The molecule has 0 aromatic carbocycles. The molecule has 2 aliphatic rings. The lowest BCUT2D eigenvalue weighted by Gasteiger charge is -2.30. The van der Waals surface area contributed by atoms with Gasteiger partial charge in [-0.15, -0.1) is 0 Å². The number of rotatable bonds is 5. The van der Waals surface area contributed by atoms with E-state index < -0.39 is 11.9 Å². The zero-order valence-electron chi connectivity index (χ0n) is 14.5. The molecule has 9 nitrogen and oxygen atoms in total. The predicted molar refractivity (Wildman–Crippen MR) is 82.5 cm³/mol. The second-order valence-corrected chi connectivity index (χ2v) is 5.95. The largest absolute Gasteiger partial charge is 0.539 e. The molecule has 2 rings (SSSR count). The maximum absolute atomic E-state index is 11.8. The van der Waals surface area contributed by atoms with Gasteiger partial charge in [-0.1, -0.05) is 0 Å². The summed E-state index contributed by atoms with van der Waals surface area (Å²) in [6, 6.07) is 0. The second-order valence-electron chi connectivity index (χ2n) is 5.95. The van der Waals surface area contributed by atoms with Crippen molar-refractivity contribution < 1.29 is 43.7 Å². The molecule has 2 atom stereocenters. The van der Waals surface area contributed by atoms with Crippen LogP contribution in [0.25, 0.3) is 0 Å². The Kier molecular flexibility index (Phi) is 10.0. The lowest BCUT2D eigenvalue weighted by molar-refractivity contribution is -0.908. The first-order chi connectivity index (χ1) is 11.9. The van der Waals surface area contributed by atoms with Crippen molar-refractivity contribution in [1.29, 1.82) is 0 Å². The molecule has 144 valence electrons. The van der Waals surface area contributed by atoms with Crippen molar-refractivity contribution in [3.05, 3.63) is 0 Å². The van der Waals surface area contributed by atoms with Crippen LogP contribution in [0.5, 0.6) is 0 Å². The number of nitrogens with one attached hydrogen (secondary N) is 1. The van der Waals surface area contributed by atoms with Gasteiger partial charge in [-0.05, 0) is 26.2 Å². The van der Waals surface area contributed by atoms with E-state index in [4.69, 9.17) is 34.0 Å². The summed E-state index contributed by atoms with van der Waals surface area (Å²) < 4.78 is 16.2. The molecule has 25 heavy (non-hydrogen) atoms. The summed E-state index contributed by atoms with van der Waals surface area (Å²) >= 11 is 0. The summed E-state index contributed by atoms with van der Waals surface area (Å²) in [6.07, 6.45) is 3.96. The van der Waals surface area contributed by atoms with Gasteiger partial charge in [0.2, 0.25) is 0 Å². The summed E-state index contributed by atoms with van der Waals surface area (Å²) in [5.74, 6) is -3.95. The standard InChI is InChI=1S/C14H25NO4.C2H2O4/c1-2-17-14(16)12-5-3-7-15(11-12)8-6-13-18-9-4-10-19-13;3-1(4)2(5)6/h12-13H,2-11H2,1H3;(H,3,4)(H,5,6). The molecule has 0 spiro atoms. The Hall–Kier alpha value is -1.71. The molecule has 2 fully saturated rings. The van der Waals surface area contributed by atoms with E-state index in [2.05, 4.69) is 0 Å². The summed E-state index contributed by atoms with van der Waals surface area (Å²) in [5.41, 5.74) is 0. The average Bonchev–Trinajstić information content (AvgIpc) is 2.62. The summed E-state index contributed by atoms with van der Waals surface area (Å²) in [7, 11) is 0. The molecule has 9 heteroatoms. The zero-order valence-corrected chi connectivity index (χ0v) is 14.5. The van der Waals surface area contributed by atoms with Crippen molar-refractivity contribution in [3.8, 4) is 0 Å². The highest BCUT2D eigenvalue weighted by Crippen LogP contribution is 2.10. The maximum Gasteiger partial charge on any atom is 0.351 e. The van der Waals surface area contributed by atoms with E-state index >= 15 is 0 Å². The van der Waals surface area contributed by atoms with E-state index in [0.29, 0.717) is 6.61 Å². The second kappa shape index (κ2) is 11.8. The number of aliphatic carboxylic acids is 2. The minimum Gasteiger partial charge on any atom is -0.539 e. The highest BCUT2D eigenvalue weighted by molar-refractivity contribution is 6.26. The molecule has 0 bridgehead atoms. The molecule has 0 amide bonds. The van der Waals surface area contributed by atoms with Crippen LogP contribution in [-0.4, -0.2) is 68.8 Å². The van der Waals surface area contributed by atoms with Gasteiger partial charge in [-0.25, -0.2) is 4.79 Å². The molecular weight excluding hydrogens is 334 g/mol. The maximum atomic E-state index is 11.8. The van der Waals surface area contributed by atoms with Crippen molar-refractivity contribution in [2.75, 3.05) is 39.5 Å². The smallest absolute Gasteiger partial charge is 0.351 e. The van der Waals surface area contributed by atoms with Gasteiger partial charge in [0.15, 0.2) is 12.3 Å². The molecule has 0 aliphatic carbocycles. The number of esters is 1. The van der Waals surface area contributed by atoms with Crippen molar-refractivity contribution >= 4 is 17.9 Å². The fraction of sp³-hybridized carbons (Fsp3) is 0.812. The van der Waals surface area contributed by atoms with Crippen molar-refractivity contribution in [2.45, 2.75) is 38.9 Å². The fourth-order valence-electron chi connectivity index (χ4n) is 2.86. The van der Waals surface area contributed by atoms with E-state index in [1.54, 1.807) is 0 Å². The van der Waals surface area contributed by atoms with Gasteiger partial charge < -0.3 is 34.1 Å². The van der Waals surface area contributed by atoms with Crippen LogP contribution in [0.2, 0.25) is 0 Å². The molecule has 0 aromatic heterocycles. The third-order valence-corrected chi connectivity index (χ3v) is 4.04. The van der Waals surface area contributed by atoms with Crippen LogP contribution in [-0.2, 0) is 28.6 Å². The number of likely N-dealkylation sites (tertiary alicyclic amines) is 1. The van der Waals surface area contributed by atoms with Gasteiger partial charge in [0, 0.05) is 6.42 Å². The number of carbonyl (C=O) groups excluding carboxylic acids is 2. The van der Waals surface area contributed by atoms with E-state index in [1.165, 1.54) is 4.90 Å². The molecule has 2 heterocycles. The third kappa shape index (κ3) is 8.80. The van der Waals surface area contributed by atoms with Crippen molar-refractivity contribution in [3.63, 3.8) is 0 Å². The topological polar surface area (TPSA) is 127 Å². The zero-order chi connectivity index (χ0) is 18.7. The number of carboxylic acid groups (broad SMARTS) is 2. The van der Waals surface area contributed by atoms with Gasteiger partial charge in [-0.3, -0.25) is 4.79 Å². The minimum atomic E-state index is -2.07. The first-order valence-electron chi connectivity index (χ1n) is 8.61. The summed E-state index contributed by atoms with van der Waals surface area (Å²) in [4.78, 5) is 31.3. The molecule has 2 aliphatic heterocycles. The average molecular weight is 361 g/mol. The number of hydrogen-bond acceptors (Lipinski definition) is 7. The Morgan fingerprint density at radius 1 is 1.24 bits per heavy atom. The fourth-order valence-corrected chi connectivity index (χ4v) is 2.86. The van der Waals surface area contributed by atoms with Gasteiger partial charge in [0.1, 0.15) is 5.92 Å². The number of ether oxygens (including phenoxy) is 3. The number of carboxylic acids is 2. The van der Waals surface area contributed by atoms with Gasteiger partial charge in [-0.2, -0.15) is 0 Å². The van der Waals surface area contributed by atoms with Gasteiger partial charge >= 0.3 is 11.9 Å². The molecule has 2 unspecified atom stereocenters. The molecule has 0 radical (unpaired) electrons. The summed E-state index contributed by atoms with van der Waals surface area (Å²) in [5, 5.41) is 16.3. The third-order valence-electron chi connectivity index (χ3n) is 4.04. The molecule has 0 saturated carbocycles. The summed E-state index contributed by atoms with van der Waals surface area (Å²) in [6.45, 7) is 7.02. The Labute approximate surface area is 146 Å². The van der Waals surface area contributed by atoms with E-state index in [-0.39, 0.29) is 18.2 Å². The molecule has 2 N–H and O–H groups in total. The Morgan fingerprint density at radius 3 is 2.44 bits per heavy atom. The van der Waals surface area contributed by atoms with Crippen molar-refractivity contribution in [1.82, 2.24) is 0 Å². The Balaban J connectivity index is 0.000000450. The quantitative estimate of drug-likeness (QED) is 0.418. The van der Waals surface area contributed by atoms with Gasteiger partial charge in [0.25, 0.3) is 0 Å². The monoisotopic (exact) mass is 361 g/mol. The number of hydrogen-bond donors (Lipinski definition) is 2. The SMILES string of the molecule is CCOC(=O)C1CCC[NH+](CCC2OCCCO2)C1.O=C([O-])C(=O)O. The number of piperidine rings is 1. The predicted octanol–water partition coefficient (Wildman–Crippen LogP) is -2.18. The number of quaternary nitrogens is 1. The molecule has 2 saturated heterocycles. The van der Waals surface area contributed by atoms with Crippen LogP contribution in [0, 0.1) is 5.92 Å². The highest BCUT2D eigenvalue weighted by atomic mass is 16.7. The van der Waals surface area contributed by atoms with E-state index in [1.807, 2.05) is 6.92 Å². The van der Waals surface area contributed by atoms with Crippen LogP contribution in [0.1, 0.15) is 32.6 Å². The van der Waals surface area contributed by atoms with Gasteiger partial charge in [0.05, 0.1) is 39.5 Å². The Bertz CT molecular complexity index is 424. The highest BCUT2D eigenvalue weighted by Gasteiger charge is 2.30. The van der Waals surface area contributed by atoms with Crippen LogP contribution in [0.3, 0.4) is 0 Å². The number of carbonyl (C=O) groups is 3. The molecular formula is C16H27NO8. The van der Waals surface area contributed by atoms with Crippen LogP contribution >= 0.6 is 0 Å². The lowest BCUT2D eigenvalue weighted by atomic mass is 9.98. The van der Waals surface area contributed by atoms with E-state index in [0.717, 1.165) is 58.5 Å². The molecule has 0 aromatic rings.